The van der Waals surface area contributed by atoms with E-state index < -0.39 is 5.60 Å². The molecule has 2 aromatic rings. The molecule has 1 saturated heterocycles. The van der Waals surface area contributed by atoms with Gasteiger partial charge in [-0.1, -0.05) is 0 Å². The number of aromatic nitrogens is 2. The van der Waals surface area contributed by atoms with Crippen molar-refractivity contribution in [3.05, 3.63) is 35.5 Å². The highest BCUT2D eigenvalue weighted by atomic mass is 16.5. The van der Waals surface area contributed by atoms with Crippen LogP contribution in [0.5, 0.6) is 0 Å². The van der Waals surface area contributed by atoms with E-state index in [0.29, 0.717) is 32.2 Å². The predicted molar refractivity (Wildman–Crippen MR) is 111 cm³/mol. The van der Waals surface area contributed by atoms with Crippen molar-refractivity contribution in [3.8, 4) is 11.4 Å². The number of hydrogen-bond donors (Lipinski definition) is 2. The Morgan fingerprint density at radius 1 is 1.17 bits per heavy atom. The zero-order chi connectivity index (χ0) is 20.4. The minimum Gasteiger partial charge on any atom is -0.378 e. The van der Waals surface area contributed by atoms with Crippen LogP contribution >= 0.6 is 0 Å². The zero-order valence-electron chi connectivity index (χ0n) is 17.1. The first-order chi connectivity index (χ1) is 14.0. The van der Waals surface area contributed by atoms with E-state index in [-0.39, 0.29) is 6.03 Å². The second-order valence-electron chi connectivity index (χ2n) is 7.66. The van der Waals surface area contributed by atoms with E-state index in [9.17, 15) is 4.79 Å². The minimum atomic E-state index is -0.451. The van der Waals surface area contributed by atoms with Crippen molar-refractivity contribution in [1.82, 2.24) is 15.3 Å². The first kappa shape index (κ1) is 19.6. The average Bonchev–Trinajstić information content (AvgIpc) is 3.03. The summed E-state index contributed by atoms with van der Waals surface area (Å²) in [5.41, 5.74) is 3.17. The van der Waals surface area contributed by atoms with Crippen LogP contribution in [-0.4, -0.2) is 48.8 Å². The third kappa shape index (κ3) is 4.04. The van der Waals surface area contributed by atoms with Gasteiger partial charge < -0.3 is 25.0 Å². The molecule has 29 heavy (non-hydrogen) atoms. The van der Waals surface area contributed by atoms with Gasteiger partial charge in [0.15, 0.2) is 5.82 Å². The number of nitrogens with zero attached hydrogens (tertiary/aromatic N) is 3. The van der Waals surface area contributed by atoms with E-state index in [1.54, 1.807) is 0 Å². The topological polar surface area (TPSA) is 88.6 Å². The third-order valence-corrected chi connectivity index (χ3v) is 5.18. The van der Waals surface area contributed by atoms with E-state index in [0.717, 1.165) is 41.4 Å². The summed E-state index contributed by atoms with van der Waals surface area (Å²) in [5, 5.41) is 5.52. The Balaban J connectivity index is 1.68. The number of urea groups is 1. The highest BCUT2D eigenvalue weighted by molar-refractivity contribution is 5.89. The fraction of sp³-hybridized carbons (Fsp3) is 0.476. The molecule has 8 heteroatoms. The highest BCUT2D eigenvalue weighted by Crippen LogP contribution is 2.40. The van der Waals surface area contributed by atoms with Crippen LogP contribution in [0.4, 0.5) is 16.3 Å². The van der Waals surface area contributed by atoms with Crippen molar-refractivity contribution in [2.24, 2.45) is 0 Å². The van der Waals surface area contributed by atoms with Crippen LogP contribution in [0.3, 0.4) is 0 Å². The van der Waals surface area contributed by atoms with E-state index in [4.69, 9.17) is 19.4 Å². The summed E-state index contributed by atoms with van der Waals surface area (Å²) >= 11 is 0. The van der Waals surface area contributed by atoms with E-state index >= 15 is 0 Å². The molecule has 8 nitrogen and oxygen atoms in total. The van der Waals surface area contributed by atoms with Gasteiger partial charge in [0.1, 0.15) is 11.4 Å². The minimum absolute atomic E-state index is 0.220. The highest BCUT2D eigenvalue weighted by Gasteiger charge is 2.37. The van der Waals surface area contributed by atoms with Gasteiger partial charge in [0, 0.05) is 36.4 Å². The summed E-state index contributed by atoms with van der Waals surface area (Å²) in [6.45, 7) is 10.1. The number of carbonyl (C=O) groups excluding carboxylic acids is 1. The molecule has 154 valence electrons. The van der Waals surface area contributed by atoms with Crippen molar-refractivity contribution in [2.75, 3.05) is 43.1 Å². The van der Waals surface area contributed by atoms with Crippen LogP contribution in [0.15, 0.2) is 24.3 Å². The fourth-order valence-electron chi connectivity index (χ4n) is 3.63. The maximum atomic E-state index is 11.7. The molecular formula is C21H27N5O3. The molecule has 1 fully saturated rings. The van der Waals surface area contributed by atoms with Crippen LogP contribution in [0.1, 0.15) is 32.0 Å². The van der Waals surface area contributed by atoms with Crippen LogP contribution in [0.2, 0.25) is 0 Å². The number of carbonyl (C=O) groups is 1. The van der Waals surface area contributed by atoms with Gasteiger partial charge in [-0.3, -0.25) is 0 Å². The van der Waals surface area contributed by atoms with Gasteiger partial charge in [0.2, 0.25) is 0 Å². The fourth-order valence-corrected chi connectivity index (χ4v) is 3.63. The molecule has 2 amide bonds. The Labute approximate surface area is 170 Å². The van der Waals surface area contributed by atoms with E-state index in [1.165, 1.54) is 0 Å². The Kier molecular flexibility index (Phi) is 5.38. The van der Waals surface area contributed by atoms with Crippen molar-refractivity contribution < 1.29 is 14.3 Å². The number of benzene rings is 1. The van der Waals surface area contributed by atoms with Gasteiger partial charge >= 0.3 is 6.03 Å². The number of anilines is 2. The van der Waals surface area contributed by atoms with Gasteiger partial charge in [-0.05, 0) is 45.0 Å². The van der Waals surface area contributed by atoms with E-state index in [2.05, 4.69) is 15.5 Å². The molecule has 0 spiro atoms. The number of ether oxygens (including phenoxy) is 2. The quantitative estimate of drug-likeness (QED) is 0.825. The lowest BCUT2D eigenvalue weighted by molar-refractivity contribution is -0.0100. The Morgan fingerprint density at radius 2 is 1.90 bits per heavy atom. The van der Waals surface area contributed by atoms with Crippen molar-refractivity contribution in [3.63, 3.8) is 0 Å². The number of nitrogens with one attached hydrogen (secondary N) is 2. The van der Waals surface area contributed by atoms with Gasteiger partial charge in [0.25, 0.3) is 0 Å². The number of amides is 2. The molecule has 0 aliphatic carbocycles. The molecule has 2 aliphatic rings. The van der Waals surface area contributed by atoms with Crippen LogP contribution in [0.25, 0.3) is 11.4 Å². The van der Waals surface area contributed by atoms with Crippen LogP contribution in [0, 0.1) is 0 Å². The summed E-state index contributed by atoms with van der Waals surface area (Å²) in [5.74, 6) is 1.59. The smallest absolute Gasteiger partial charge is 0.319 e. The summed E-state index contributed by atoms with van der Waals surface area (Å²) in [4.78, 5) is 23.7. The lowest BCUT2D eigenvalue weighted by Gasteiger charge is -2.29. The predicted octanol–water partition coefficient (Wildman–Crippen LogP) is 2.89. The van der Waals surface area contributed by atoms with Gasteiger partial charge in [-0.2, -0.15) is 0 Å². The number of morpholine rings is 1. The monoisotopic (exact) mass is 397 g/mol. The molecule has 4 rings (SSSR count). The molecule has 1 aromatic carbocycles. The standard InChI is InChI=1S/C21H27N5O3/c1-4-22-20(27)23-15-7-5-14(6-8-15)18-24-17-16(13-29-21(17,2)3)19(25-18)26-9-11-28-12-10-26/h5-8H,4,9-13H2,1-3H3,(H2,22,23,27). The first-order valence-electron chi connectivity index (χ1n) is 10.0. The summed E-state index contributed by atoms with van der Waals surface area (Å²) in [6.07, 6.45) is 0. The molecule has 0 bridgehead atoms. The SMILES string of the molecule is CCNC(=O)Nc1ccc(-c2nc(N3CCOCC3)c3c(n2)C(C)(C)OC3)cc1. The molecule has 0 saturated carbocycles. The Hall–Kier alpha value is -2.71. The van der Waals surface area contributed by atoms with Gasteiger partial charge in [-0.25, -0.2) is 14.8 Å². The number of fused-ring (bicyclic) bond motifs is 1. The van der Waals surface area contributed by atoms with Crippen molar-refractivity contribution >= 4 is 17.5 Å². The molecule has 0 atom stereocenters. The number of rotatable bonds is 4. The summed E-state index contributed by atoms with van der Waals surface area (Å²) < 4.78 is 11.5. The lowest BCUT2D eigenvalue weighted by atomic mass is 10.0. The van der Waals surface area contributed by atoms with E-state index in [1.807, 2.05) is 45.0 Å². The first-order valence-corrected chi connectivity index (χ1v) is 10.0. The second-order valence-corrected chi connectivity index (χ2v) is 7.66. The van der Waals surface area contributed by atoms with Gasteiger partial charge in [0.05, 0.1) is 25.5 Å². The summed E-state index contributed by atoms with van der Waals surface area (Å²) in [7, 11) is 0. The molecule has 1 aromatic heterocycles. The maximum Gasteiger partial charge on any atom is 0.319 e. The third-order valence-electron chi connectivity index (χ3n) is 5.18. The van der Waals surface area contributed by atoms with Crippen molar-refractivity contribution in [2.45, 2.75) is 33.0 Å². The van der Waals surface area contributed by atoms with Crippen LogP contribution < -0.4 is 15.5 Å². The lowest BCUT2D eigenvalue weighted by Crippen LogP contribution is -2.37. The molecule has 3 heterocycles. The summed E-state index contributed by atoms with van der Waals surface area (Å²) in [6, 6.07) is 7.35. The largest absolute Gasteiger partial charge is 0.378 e. The second kappa shape index (κ2) is 7.96. The molecular weight excluding hydrogens is 370 g/mol. The zero-order valence-corrected chi connectivity index (χ0v) is 17.1. The average molecular weight is 397 g/mol. The van der Waals surface area contributed by atoms with Crippen LogP contribution in [-0.2, 0) is 21.7 Å². The Morgan fingerprint density at radius 3 is 2.59 bits per heavy atom. The molecule has 0 radical (unpaired) electrons. The molecule has 2 N–H and O–H groups in total. The Bertz CT molecular complexity index is 892. The van der Waals surface area contributed by atoms with Crippen molar-refractivity contribution in [1.29, 1.82) is 0 Å². The molecule has 2 aliphatic heterocycles. The number of hydrogen-bond acceptors (Lipinski definition) is 6. The van der Waals surface area contributed by atoms with Gasteiger partial charge in [-0.15, -0.1) is 0 Å². The maximum absolute atomic E-state index is 11.7. The normalized spacial score (nSPS) is 17.7. The molecule has 0 unspecified atom stereocenters.